The number of nitrogens with zero attached hydrogens (tertiary/aromatic N) is 2. The van der Waals surface area contributed by atoms with E-state index in [2.05, 4.69) is 42.1 Å². The molecule has 0 aliphatic heterocycles. The van der Waals surface area contributed by atoms with Gasteiger partial charge in [0, 0.05) is 17.1 Å². The number of benzene rings is 1. The van der Waals surface area contributed by atoms with Crippen molar-refractivity contribution in [2.75, 3.05) is 0 Å². The minimum absolute atomic E-state index is 0.370. The van der Waals surface area contributed by atoms with Gasteiger partial charge in [-0.25, -0.2) is 0 Å². The average Bonchev–Trinajstić information content (AvgIpc) is 2.34. The van der Waals surface area contributed by atoms with Crippen LogP contribution in [0.25, 0.3) is 0 Å². The Morgan fingerprint density at radius 1 is 1.12 bits per heavy atom. The molecule has 0 aliphatic carbocycles. The predicted molar refractivity (Wildman–Crippen MR) is 71.8 cm³/mol. The number of aromatic nitrogens is 2. The molecule has 0 radical (unpaired) electrons. The highest BCUT2D eigenvalue weighted by Gasteiger charge is 2.04. The summed E-state index contributed by atoms with van der Waals surface area (Å²) in [5, 5.41) is 7.84. The second-order valence-electron chi connectivity index (χ2n) is 3.24. The number of rotatable bonds is 3. The molecule has 0 saturated heterocycles. The van der Waals surface area contributed by atoms with E-state index in [1.165, 1.54) is 0 Å². The molecular formula is C11H9Br2N3O. The fraction of sp³-hybridized carbons (Fsp3) is 0.0909. The van der Waals surface area contributed by atoms with Gasteiger partial charge in [0.1, 0.15) is 5.75 Å². The molecule has 0 amide bonds. The molecule has 1 aromatic carbocycles. The van der Waals surface area contributed by atoms with Crippen LogP contribution in [0.5, 0.6) is 11.6 Å². The SMILES string of the molecule is NCc1ccc(Oc2ccc(Br)cc2Br)nn1. The molecule has 2 rings (SSSR count). The number of ether oxygens (including phenoxy) is 1. The molecule has 4 nitrogen and oxygen atoms in total. The van der Waals surface area contributed by atoms with Crippen molar-refractivity contribution < 1.29 is 4.74 Å². The third kappa shape index (κ3) is 3.24. The molecule has 1 aromatic heterocycles. The van der Waals surface area contributed by atoms with E-state index in [9.17, 15) is 0 Å². The zero-order valence-electron chi connectivity index (χ0n) is 8.73. The molecule has 2 N–H and O–H groups in total. The van der Waals surface area contributed by atoms with E-state index in [0.717, 1.165) is 14.6 Å². The van der Waals surface area contributed by atoms with Gasteiger partial charge < -0.3 is 10.5 Å². The standard InChI is InChI=1S/C11H9Br2N3O/c12-7-1-3-10(9(13)5-7)17-11-4-2-8(6-14)15-16-11/h1-5H,6,14H2. The van der Waals surface area contributed by atoms with Crippen molar-refractivity contribution in [3.05, 3.63) is 45.0 Å². The molecule has 0 unspecified atom stereocenters. The molecule has 0 fully saturated rings. The first kappa shape index (κ1) is 12.5. The van der Waals surface area contributed by atoms with Crippen LogP contribution in [0.1, 0.15) is 5.69 Å². The van der Waals surface area contributed by atoms with Crippen molar-refractivity contribution in [2.45, 2.75) is 6.54 Å². The third-order valence-electron chi connectivity index (χ3n) is 2.01. The smallest absolute Gasteiger partial charge is 0.238 e. The lowest BCUT2D eigenvalue weighted by atomic mass is 10.3. The van der Waals surface area contributed by atoms with Gasteiger partial charge in [0.05, 0.1) is 10.2 Å². The summed E-state index contributed by atoms with van der Waals surface area (Å²) < 4.78 is 7.40. The van der Waals surface area contributed by atoms with Crippen LogP contribution in [-0.4, -0.2) is 10.2 Å². The highest BCUT2D eigenvalue weighted by molar-refractivity contribution is 9.11. The van der Waals surface area contributed by atoms with Gasteiger partial charge in [0.25, 0.3) is 0 Å². The summed E-state index contributed by atoms with van der Waals surface area (Å²) in [6.07, 6.45) is 0. The van der Waals surface area contributed by atoms with E-state index in [-0.39, 0.29) is 0 Å². The summed E-state index contributed by atoms with van der Waals surface area (Å²) in [5.74, 6) is 1.12. The van der Waals surface area contributed by atoms with Crippen molar-refractivity contribution in [2.24, 2.45) is 5.73 Å². The molecule has 2 aromatic rings. The largest absolute Gasteiger partial charge is 0.436 e. The summed E-state index contributed by atoms with van der Waals surface area (Å²) in [7, 11) is 0. The fourth-order valence-corrected chi connectivity index (χ4v) is 2.31. The summed E-state index contributed by atoms with van der Waals surface area (Å²) >= 11 is 6.78. The Balaban J connectivity index is 2.19. The predicted octanol–water partition coefficient (Wildman–Crippen LogP) is 3.25. The maximum Gasteiger partial charge on any atom is 0.238 e. The summed E-state index contributed by atoms with van der Waals surface area (Å²) in [5.41, 5.74) is 6.17. The summed E-state index contributed by atoms with van der Waals surface area (Å²) in [4.78, 5) is 0. The van der Waals surface area contributed by atoms with Crippen LogP contribution in [0.3, 0.4) is 0 Å². The first-order chi connectivity index (χ1) is 8.19. The second-order valence-corrected chi connectivity index (χ2v) is 5.01. The van der Waals surface area contributed by atoms with Gasteiger partial charge in [-0.1, -0.05) is 15.9 Å². The molecule has 0 spiro atoms. The van der Waals surface area contributed by atoms with Gasteiger partial charge in [-0.05, 0) is 40.2 Å². The van der Waals surface area contributed by atoms with E-state index in [0.29, 0.717) is 18.2 Å². The zero-order chi connectivity index (χ0) is 12.3. The van der Waals surface area contributed by atoms with Gasteiger partial charge in [-0.3, -0.25) is 0 Å². The van der Waals surface area contributed by atoms with Crippen molar-refractivity contribution in [3.63, 3.8) is 0 Å². The van der Waals surface area contributed by atoms with Crippen LogP contribution < -0.4 is 10.5 Å². The zero-order valence-corrected chi connectivity index (χ0v) is 11.9. The quantitative estimate of drug-likeness (QED) is 0.914. The van der Waals surface area contributed by atoms with Crippen LogP contribution in [0.15, 0.2) is 39.3 Å². The van der Waals surface area contributed by atoms with Crippen molar-refractivity contribution in [3.8, 4) is 11.6 Å². The van der Waals surface area contributed by atoms with E-state index in [4.69, 9.17) is 10.5 Å². The Morgan fingerprint density at radius 3 is 2.53 bits per heavy atom. The van der Waals surface area contributed by atoms with E-state index in [1.807, 2.05) is 18.2 Å². The molecule has 1 heterocycles. The molecule has 0 atom stereocenters. The number of halogens is 2. The van der Waals surface area contributed by atoms with Gasteiger partial charge in [-0.15, -0.1) is 5.10 Å². The number of hydrogen-bond donors (Lipinski definition) is 1. The minimum Gasteiger partial charge on any atom is -0.436 e. The minimum atomic E-state index is 0.370. The van der Waals surface area contributed by atoms with Crippen LogP contribution in [0, 0.1) is 0 Å². The first-order valence-electron chi connectivity index (χ1n) is 4.84. The maximum atomic E-state index is 5.58. The maximum absolute atomic E-state index is 5.58. The van der Waals surface area contributed by atoms with Gasteiger partial charge in [-0.2, -0.15) is 5.10 Å². The second kappa shape index (κ2) is 5.57. The van der Waals surface area contributed by atoms with Crippen LogP contribution in [-0.2, 0) is 6.54 Å². The number of hydrogen-bond acceptors (Lipinski definition) is 4. The average molecular weight is 359 g/mol. The van der Waals surface area contributed by atoms with Crippen molar-refractivity contribution in [1.82, 2.24) is 10.2 Å². The lowest BCUT2D eigenvalue weighted by Crippen LogP contribution is -2.01. The lowest BCUT2D eigenvalue weighted by molar-refractivity contribution is 0.451. The van der Waals surface area contributed by atoms with E-state index < -0.39 is 0 Å². The van der Waals surface area contributed by atoms with Gasteiger partial charge in [0.2, 0.25) is 5.88 Å². The fourth-order valence-electron chi connectivity index (χ4n) is 1.18. The van der Waals surface area contributed by atoms with Gasteiger partial charge >= 0.3 is 0 Å². The third-order valence-corrected chi connectivity index (χ3v) is 3.13. The lowest BCUT2D eigenvalue weighted by Gasteiger charge is -2.06. The molecule has 0 aliphatic rings. The molecule has 6 heteroatoms. The summed E-state index contributed by atoms with van der Waals surface area (Å²) in [6, 6.07) is 9.16. The number of nitrogens with two attached hydrogens (primary N) is 1. The Labute approximate surface area is 115 Å². The molecule has 0 bridgehead atoms. The van der Waals surface area contributed by atoms with Crippen molar-refractivity contribution in [1.29, 1.82) is 0 Å². The molecule has 88 valence electrons. The van der Waals surface area contributed by atoms with Crippen molar-refractivity contribution >= 4 is 31.9 Å². The Bertz CT molecular complexity index is 517. The highest BCUT2D eigenvalue weighted by Crippen LogP contribution is 2.30. The Kier molecular flexibility index (Phi) is 4.09. The normalized spacial score (nSPS) is 10.3. The van der Waals surface area contributed by atoms with E-state index in [1.54, 1.807) is 12.1 Å². The molecule has 17 heavy (non-hydrogen) atoms. The molecule has 0 saturated carbocycles. The van der Waals surface area contributed by atoms with Crippen LogP contribution in [0.2, 0.25) is 0 Å². The van der Waals surface area contributed by atoms with E-state index >= 15 is 0 Å². The Hall–Kier alpha value is -0.980. The highest BCUT2D eigenvalue weighted by atomic mass is 79.9. The summed E-state index contributed by atoms with van der Waals surface area (Å²) in [6.45, 7) is 0.370. The topological polar surface area (TPSA) is 61.0 Å². The first-order valence-corrected chi connectivity index (χ1v) is 6.43. The Morgan fingerprint density at radius 2 is 1.94 bits per heavy atom. The van der Waals surface area contributed by atoms with Gasteiger partial charge in [0.15, 0.2) is 0 Å². The molecular weight excluding hydrogens is 350 g/mol. The van der Waals surface area contributed by atoms with Crippen LogP contribution in [0.4, 0.5) is 0 Å². The van der Waals surface area contributed by atoms with Crippen LogP contribution >= 0.6 is 31.9 Å². The monoisotopic (exact) mass is 357 g/mol.